The summed E-state index contributed by atoms with van der Waals surface area (Å²) in [7, 11) is -3.43. The molecule has 1 aromatic heterocycles. The van der Waals surface area contributed by atoms with Crippen LogP contribution in [-0.4, -0.2) is 38.2 Å². The van der Waals surface area contributed by atoms with Crippen molar-refractivity contribution in [2.75, 3.05) is 18.8 Å². The van der Waals surface area contributed by atoms with Crippen molar-refractivity contribution >= 4 is 51.1 Å². The molecule has 28 heavy (non-hydrogen) atoms. The Hall–Kier alpha value is -1.41. The van der Waals surface area contributed by atoms with Crippen molar-refractivity contribution in [3.8, 4) is 0 Å². The van der Waals surface area contributed by atoms with Crippen LogP contribution in [0, 0.1) is 0 Å². The number of aliphatic imine (C=N–C) groups is 1. The number of sulfone groups is 1. The van der Waals surface area contributed by atoms with Gasteiger partial charge in [-0.3, -0.25) is 0 Å². The van der Waals surface area contributed by atoms with Crippen LogP contribution >= 0.6 is 35.3 Å². The lowest BCUT2D eigenvalue weighted by atomic mass is 10.4. The smallest absolute Gasteiger partial charge is 0.357 e. The number of guanidine groups is 1. The monoisotopic (exact) mass is 548 g/mol. The standard InChI is InChI=1S/C16H19F3N4O2S2.HI/c1-2-20-15(22-10-14-23-13(11-26-14)16(17,18)19)21-8-9-27(24,25)12-6-4-3-5-7-12;/h3-7,11H,2,8-10H2,1H3,(H2,20,21,22);1H. The molecule has 0 aliphatic rings. The third-order valence-electron chi connectivity index (χ3n) is 3.32. The van der Waals surface area contributed by atoms with Gasteiger partial charge in [0.25, 0.3) is 0 Å². The SMILES string of the molecule is CCNC(=NCc1nc(C(F)(F)F)cs1)NCCS(=O)(=O)c1ccccc1.I. The summed E-state index contributed by atoms with van der Waals surface area (Å²) in [5.41, 5.74) is -0.940. The molecular weight excluding hydrogens is 528 g/mol. The van der Waals surface area contributed by atoms with Gasteiger partial charge in [0.1, 0.15) is 5.01 Å². The van der Waals surface area contributed by atoms with Crippen LogP contribution in [0.5, 0.6) is 0 Å². The van der Waals surface area contributed by atoms with E-state index in [1.54, 1.807) is 18.2 Å². The maximum Gasteiger partial charge on any atom is 0.434 e. The fourth-order valence-corrected chi connectivity index (χ4v) is 3.95. The lowest BCUT2D eigenvalue weighted by Gasteiger charge is -2.11. The minimum atomic E-state index is -4.48. The van der Waals surface area contributed by atoms with Crippen LogP contribution in [0.15, 0.2) is 45.6 Å². The Kier molecular flexibility index (Phi) is 9.63. The molecule has 0 aliphatic heterocycles. The Morgan fingerprint density at radius 2 is 1.89 bits per heavy atom. The van der Waals surface area contributed by atoms with Crippen molar-refractivity contribution in [3.63, 3.8) is 0 Å². The summed E-state index contributed by atoms with van der Waals surface area (Å²) in [6, 6.07) is 8.07. The van der Waals surface area contributed by atoms with E-state index < -0.39 is 21.7 Å². The van der Waals surface area contributed by atoms with E-state index in [-0.39, 0.29) is 52.7 Å². The molecule has 0 unspecified atom stereocenters. The van der Waals surface area contributed by atoms with Crippen molar-refractivity contribution in [2.45, 2.75) is 24.5 Å². The number of rotatable bonds is 7. The van der Waals surface area contributed by atoms with Gasteiger partial charge in [0.2, 0.25) is 0 Å². The Balaban J connectivity index is 0.00000392. The number of hydrogen-bond acceptors (Lipinski definition) is 5. The number of hydrogen-bond donors (Lipinski definition) is 2. The molecule has 0 radical (unpaired) electrons. The first kappa shape index (κ1) is 24.6. The van der Waals surface area contributed by atoms with Crippen LogP contribution in [0.1, 0.15) is 17.6 Å². The summed E-state index contributed by atoms with van der Waals surface area (Å²) < 4.78 is 62.2. The molecule has 156 valence electrons. The number of benzene rings is 1. The first-order chi connectivity index (χ1) is 12.7. The highest BCUT2D eigenvalue weighted by Gasteiger charge is 2.33. The third-order valence-corrected chi connectivity index (χ3v) is 5.89. The Labute approximate surface area is 182 Å². The van der Waals surface area contributed by atoms with Crippen molar-refractivity contribution < 1.29 is 21.6 Å². The van der Waals surface area contributed by atoms with Gasteiger partial charge in [-0.25, -0.2) is 18.4 Å². The molecular formula is C16H20F3IN4O2S2. The van der Waals surface area contributed by atoms with Crippen molar-refractivity contribution in [3.05, 3.63) is 46.4 Å². The molecule has 0 atom stereocenters. The quantitative estimate of drug-likeness (QED) is 0.315. The largest absolute Gasteiger partial charge is 0.434 e. The van der Waals surface area contributed by atoms with Gasteiger partial charge in [-0.2, -0.15) is 13.2 Å². The van der Waals surface area contributed by atoms with Gasteiger partial charge >= 0.3 is 6.18 Å². The summed E-state index contributed by atoms with van der Waals surface area (Å²) in [6.45, 7) is 2.41. The number of thiazole rings is 1. The zero-order valence-electron chi connectivity index (χ0n) is 14.9. The van der Waals surface area contributed by atoms with E-state index in [0.717, 1.165) is 16.7 Å². The van der Waals surface area contributed by atoms with E-state index in [2.05, 4.69) is 20.6 Å². The predicted octanol–water partition coefficient (Wildman–Crippen LogP) is 3.31. The van der Waals surface area contributed by atoms with Gasteiger partial charge < -0.3 is 10.6 Å². The molecule has 2 rings (SSSR count). The van der Waals surface area contributed by atoms with Gasteiger partial charge in [-0.05, 0) is 19.1 Å². The number of nitrogens with one attached hydrogen (secondary N) is 2. The summed E-state index contributed by atoms with van der Waals surface area (Å²) in [4.78, 5) is 7.89. The molecule has 6 nitrogen and oxygen atoms in total. The lowest BCUT2D eigenvalue weighted by molar-refractivity contribution is -0.140. The van der Waals surface area contributed by atoms with E-state index in [9.17, 15) is 21.6 Å². The van der Waals surface area contributed by atoms with Crippen LogP contribution in [0.2, 0.25) is 0 Å². The minimum Gasteiger partial charge on any atom is -0.357 e. The third kappa shape index (κ3) is 7.54. The highest BCUT2D eigenvalue weighted by Crippen LogP contribution is 2.30. The van der Waals surface area contributed by atoms with Crippen molar-refractivity contribution in [1.29, 1.82) is 0 Å². The maximum atomic E-state index is 12.6. The first-order valence-electron chi connectivity index (χ1n) is 8.04. The number of halogens is 4. The zero-order valence-corrected chi connectivity index (χ0v) is 18.8. The van der Waals surface area contributed by atoms with Gasteiger partial charge in [-0.1, -0.05) is 18.2 Å². The van der Waals surface area contributed by atoms with E-state index in [0.29, 0.717) is 12.5 Å². The van der Waals surface area contributed by atoms with E-state index in [1.165, 1.54) is 12.1 Å². The Morgan fingerprint density at radius 3 is 2.46 bits per heavy atom. The molecule has 2 N–H and O–H groups in total. The number of nitrogens with zero attached hydrogens (tertiary/aromatic N) is 2. The van der Waals surface area contributed by atoms with Crippen molar-refractivity contribution in [1.82, 2.24) is 15.6 Å². The maximum absolute atomic E-state index is 12.6. The highest BCUT2D eigenvalue weighted by molar-refractivity contribution is 14.0. The lowest BCUT2D eigenvalue weighted by Crippen LogP contribution is -2.39. The zero-order chi connectivity index (χ0) is 19.9. The molecule has 0 bridgehead atoms. The molecule has 12 heteroatoms. The molecule has 0 fully saturated rings. The molecule has 0 saturated carbocycles. The molecule has 1 aromatic carbocycles. The molecule has 2 aromatic rings. The topological polar surface area (TPSA) is 83.4 Å². The molecule has 0 aliphatic carbocycles. The van der Waals surface area contributed by atoms with Crippen LogP contribution in [0.4, 0.5) is 13.2 Å². The molecule has 0 spiro atoms. The first-order valence-corrected chi connectivity index (χ1v) is 10.6. The van der Waals surface area contributed by atoms with Crippen LogP contribution in [0.3, 0.4) is 0 Å². The summed E-state index contributed by atoms with van der Waals surface area (Å²) in [6.07, 6.45) is -4.48. The summed E-state index contributed by atoms with van der Waals surface area (Å²) in [5.74, 6) is 0.168. The molecule has 0 saturated heterocycles. The van der Waals surface area contributed by atoms with E-state index >= 15 is 0 Å². The fraction of sp³-hybridized carbons (Fsp3) is 0.375. The van der Waals surface area contributed by atoms with E-state index in [1.807, 2.05) is 6.92 Å². The minimum absolute atomic E-state index is 0. The van der Waals surface area contributed by atoms with E-state index in [4.69, 9.17) is 0 Å². The van der Waals surface area contributed by atoms with Gasteiger partial charge in [0.05, 0.1) is 17.2 Å². The molecule has 0 amide bonds. The number of alkyl halides is 3. The van der Waals surface area contributed by atoms with Crippen LogP contribution in [0.25, 0.3) is 0 Å². The normalized spacial score (nSPS) is 12.4. The average molecular weight is 548 g/mol. The second-order valence-electron chi connectivity index (χ2n) is 5.38. The average Bonchev–Trinajstić information content (AvgIpc) is 3.10. The predicted molar refractivity (Wildman–Crippen MR) is 114 cm³/mol. The Bertz CT molecular complexity index is 872. The fourth-order valence-electron chi connectivity index (χ4n) is 2.05. The van der Waals surface area contributed by atoms with Crippen LogP contribution in [-0.2, 0) is 22.6 Å². The van der Waals surface area contributed by atoms with Gasteiger partial charge in [0.15, 0.2) is 21.5 Å². The second-order valence-corrected chi connectivity index (χ2v) is 8.43. The second kappa shape index (κ2) is 11.0. The van der Waals surface area contributed by atoms with Crippen LogP contribution < -0.4 is 10.6 Å². The number of aromatic nitrogens is 1. The van der Waals surface area contributed by atoms with Crippen molar-refractivity contribution in [2.24, 2.45) is 4.99 Å². The summed E-state index contributed by atoms with van der Waals surface area (Å²) in [5, 5.41) is 6.94. The molecule has 1 heterocycles. The van der Waals surface area contributed by atoms with Gasteiger partial charge in [-0.15, -0.1) is 35.3 Å². The Morgan fingerprint density at radius 1 is 1.21 bits per heavy atom. The highest BCUT2D eigenvalue weighted by atomic mass is 127. The van der Waals surface area contributed by atoms with Gasteiger partial charge in [0, 0.05) is 18.5 Å². The summed E-state index contributed by atoms with van der Waals surface area (Å²) >= 11 is 0.872.